The van der Waals surface area contributed by atoms with Gasteiger partial charge in [-0.3, -0.25) is 14.9 Å². The number of hydrogen-bond acceptors (Lipinski definition) is 6. The Bertz CT molecular complexity index is 1120. The topological polar surface area (TPSA) is 103 Å². The Morgan fingerprint density at radius 3 is 2.48 bits per heavy atom. The van der Waals surface area contributed by atoms with Gasteiger partial charge in [0.1, 0.15) is 0 Å². The average molecular weight is 460 g/mol. The number of nitro groups is 1. The number of anilines is 1. The van der Waals surface area contributed by atoms with Gasteiger partial charge in [0, 0.05) is 24.7 Å². The summed E-state index contributed by atoms with van der Waals surface area (Å²) in [4.78, 5) is 22.7. The van der Waals surface area contributed by atoms with Crippen LogP contribution in [-0.4, -0.2) is 31.3 Å². The molecule has 0 spiro atoms. The molecule has 31 heavy (non-hydrogen) atoms. The van der Waals surface area contributed by atoms with Crippen LogP contribution in [0.25, 0.3) is 11.4 Å². The first-order valence-corrected chi connectivity index (χ1v) is 10.8. The standard InChI is InChI=1S/C21H22ClN5O3S/c1-21(2,3)14-7-5-13(6-8-14)19-24-25-20(26(19)4)31-12-18(28)23-17-11-15(27(29)30)9-10-16(17)22/h5-11H,12H2,1-4H3,(H,23,28). The number of amides is 1. The summed E-state index contributed by atoms with van der Waals surface area (Å²) in [7, 11) is 1.84. The summed E-state index contributed by atoms with van der Waals surface area (Å²) in [6.45, 7) is 6.47. The van der Waals surface area contributed by atoms with E-state index in [0.29, 0.717) is 11.0 Å². The molecule has 0 fully saturated rings. The molecular formula is C21H22ClN5O3S. The molecule has 1 heterocycles. The van der Waals surface area contributed by atoms with E-state index in [2.05, 4.69) is 48.4 Å². The lowest BCUT2D eigenvalue weighted by Crippen LogP contribution is -2.15. The fourth-order valence-corrected chi connectivity index (χ4v) is 3.73. The Balaban J connectivity index is 1.67. The third-order valence-corrected chi connectivity index (χ3v) is 5.96. The van der Waals surface area contributed by atoms with Crippen molar-refractivity contribution in [2.24, 2.45) is 7.05 Å². The fraction of sp³-hybridized carbons (Fsp3) is 0.286. The zero-order valence-corrected chi connectivity index (χ0v) is 19.1. The molecule has 0 saturated carbocycles. The first-order valence-electron chi connectivity index (χ1n) is 9.43. The molecule has 2 aromatic carbocycles. The van der Waals surface area contributed by atoms with Crippen molar-refractivity contribution in [3.63, 3.8) is 0 Å². The van der Waals surface area contributed by atoms with Crippen LogP contribution in [0.4, 0.5) is 11.4 Å². The highest BCUT2D eigenvalue weighted by Crippen LogP contribution is 2.29. The van der Waals surface area contributed by atoms with Gasteiger partial charge in [-0.2, -0.15) is 0 Å². The van der Waals surface area contributed by atoms with Gasteiger partial charge in [-0.05, 0) is 17.0 Å². The molecule has 1 amide bonds. The summed E-state index contributed by atoms with van der Waals surface area (Å²) in [6.07, 6.45) is 0. The summed E-state index contributed by atoms with van der Waals surface area (Å²) in [5.74, 6) is 0.394. The van der Waals surface area contributed by atoms with Crippen molar-refractivity contribution < 1.29 is 9.72 Å². The van der Waals surface area contributed by atoms with E-state index >= 15 is 0 Å². The maximum Gasteiger partial charge on any atom is 0.271 e. The number of rotatable bonds is 6. The number of non-ortho nitro benzene ring substituents is 1. The highest BCUT2D eigenvalue weighted by Gasteiger charge is 2.17. The lowest BCUT2D eigenvalue weighted by molar-refractivity contribution is -0.384. The molecule has 0 aliphatic rings. The van der Waals surface area contributed by atoms with Gasteiger partial charge in [0.05, 0.1) is 21.4 Å². The van der Waals surface area contributed by atoms with Crippen LogP contribution >= 0.6 is 23.4 Å². The number of carbonyl (C=O) groups is 1. The Labute approximate surface area is 189 Å². The van der Waals surface area contributed by atoms with Crippen LogP contribution in [0.5, 0.6) is 0 Å². The van der Waals surface area contributed by atoms with E-state index in [1.807, 2.05) is 23.7 Å². The molecule has 0 bridgehead atoms. The maximum absolute atomic E-state index is 12.3. The number of aromatic nitrogens is 3. The molecule has 3 aromatic rings. The van der Waals surface area contributed by atoms with Crippen molar-refractivity contribution >= 4 is 40.6 Å². The predicted molar refractivity (Wildman–Crippen MR) is 123 cm³/mol. The van der Waals surface area contributed by atoms with Gasteiger partial charge in [0.15, 0.2) is 11.0 Å². The van der Waals surface area contributed by atoms with Crippen molar-refractivity contribution in [2.45, 2.75) is 31.3 Å². The second-order valence-electron chi connectivity index (χ2n) is 7.95. The van der Waals surface area contributed by atoms with E-state index in [-0.39, 0.29) is 33.5 Å². The van der Waals surface area contributed by atoms with Crippen molar-refractivity contribution in [3.05, 3.63) is 63.2 Å². The molecule has 0 unspecified atom stereocenters. The fourth-order valence-electron chi connectivity index (χ4n) is 2.85. The van der Waals surface area contributed by atoms with Gasteiger partial charge >= 0.3 is 0 Å². The highest BCUT2D eigenvalue weighted by atomic mass is 35.5. The van der Waals surface area contributed by atoms with Crippen LogP contribution in [-0.2, 0) is 17.3 Å². The van der Waals surface area contributed by atoms with E-state index in [4.69, 9.17) is 11.6 Å². The number of thioether (sulfide) groups is 1. The molecule has 8 nitrogen and oxygen atoms in total. The number of nitrogens with zero attached hydrogens (tertiary/aromatic N) is 4. The zero-order chi connectivity index (χ0) is 22.8. The first kappa shape index (κ1) is 22.8. The molecule has 1 aromatic heterocycles. The van der Waals surface area contributed by atoms with Crippen LogP contribution in [0.1, 0.15) is 26.3 Å². The summed E-state index contributed by atoms with van der Waals surface area (Å²) in [6, 6.07) is 12.1. The zero-order valence-electron chi connectivity index (χ0n) is 17.5. The SMILES string of the molecule is Cn1c(SCC(=O)Nc2cc([N+](=O)[O-])ccc2Cl)nnc1-c1ccc(C(C)(C)C)cc1. The number of benzene rings is 2. The van der Waals surface area contributed by atoms with E-state index in [0.717, 1.165) is 5.56 Å². The normalized spacial score (nSPS) is 11.4. The third kappa shape index (κ3) is 5.42. The average Bonchev–Trinajstić information content (AvgIpc) is 3.07. The molecular weight excluding hydrogens is 438 g/mol. The van der Waals surface area contributed by atoms with Crippen molar-refractivity contribution in [1.29, 1.82) is 0 Å². The lowest BCUT2D eigenvalue weighted by atomic mass is 9.87. The minimum absolute atomic E-state index is 0.0496. The molecule has 0 radical (unpaired) electrons. The predicted octanol–water partition coefficient (Wildman–Crippen LogP) is 5.07. The van der Waals surface area contributed by atoms with Crippen LogP contribution in [0, 0.1) is 10.1 Å². The maximum atomic E-state index is 12.3. The van der Waals surface area contributed by atoms with Crippen LogP contribution in [0.2, 0.25) is 5.02 Å². The van der Waals surface area contributed by atoms with Gasteiger partial charge in [0.25, 0.3) is 5.69 Å². The highest BCUT2D eigenvalue weighted by molar-refractivity contribution is 7.99. The van der Waals surface area contributed by atoms with Gasteiger partial charge in [0.2, 0.25) is 5.91 Å². The molecule has 10 heteroatoms. The Hall–Kier alpha value is -2.91. The largest absolute Gasteiger partial charge is 0.324 e. The van der Waals surface area contributed by atoms with E-state index in [9.17, 15) is 14.9 Å². The molecule has 1 N–H and O–H groups in total. The van der Waals surface area contributed by atoms with Crippen LogP contribution in [0.3, 0.4) is 0 Å². The molecule has 3 rings (SSSR count). The third-order valence-electron chi connectivity index (χ3n) is 4.61. The van der Waals surface area contributed by atoms with Crippen molar-refractivity contribution in [1.82, 2.24) is 14.8 Å². The number of carbonyl (C=O) groups excluding carboxylic acids is 1. The van der Waals surface area contributed by atoms with Crippen molar-refractivity contribution in [2.75, 3.05) is 11.1 Å². The molecule has 0 atom stereocenters. The smallest absolute Gasteiger partial charge is 0.271 e. The van der Waals surface area contributed by atoms with E-state index < -0.39 is 4.92 Å². The minimum atomic E-state index is -0.546. The van der Waals surface area contributed by atoms with Gasteiger partial charge in [-0.15, -0.1) is 10.2 Å². The number of halogens is 1. The summed E-state index contributed by atoms with van der Waals surface area (Å²) >= 11 is 7.24. The Kier molecular flexibility index (Phi) is 6.66. The Morgan fingerprint density at radius 1 is 1.19 bits per heavy atom. The molecule has 0 aliphatic carbocycles. The van der Waals surface area contributed by atoms with Gasteiger partial charge < -0.3 is 9.88 Å². The molecule has 0 aliphatic heterocycles. The monoisotopic (exact) mass is 459 g/mol. The molecule has 162 valence electrons. The summed E-state index contributed by atoms with van der Waals surface area (Å²) < 4.78 is 1.82. The van der Waals surface area contributed by atoms with Crippen LogP contribution in [0.15, 0.2) is 47.6 Å². The second kappa shape index (κ2) is 9.07. The number of hydrogen-bond donors (Lipinski definition) is 1. The minimum Gasteiger partial charge on any atom is -0.324 e. The lowest BCUT2D eigenvalue weighted by Gasteiger charge is -2.19. The van der Waals surface area contributed by atoms with Gasteiger partial charge in [-0.1, -0.05) is 68.4 Å². The molecule has 0 saturated heterocycles. The number of nitro benzene ring substituents is 1. The first-order chi connectivity index (χ1) is 14.6. The van der Waals surface area contributed by atoms with Crippen molar-refractivity contribution in [3.8, 4) is 11.4 Å². The second-order valence-corrected chi connectivity index (χ2v) is 9.30. The van der Waals surface area contributed by atoms with Gasteiger partial charge in [-0.25, -0.2) is 0 Å². The summed E-state index contributed by atoms with van der Waals surface area (Å²) in [5, 5.41) is 22.7. The van der Waals surface area contributed by atoms with E-state index in [1.54, 1.807) is 0 Å². The van der Waals surface area contributed by atoms with Crippen LogP contribution < -0.4 is 5.32 Å². The Morgan fingerprint density at radius 2 is 1.87 bits per heavy atom. The van der Waals surface area contributed by atoms with E-state index in [1.165, 1.54) is 35.5 Å². The summed E-state index contributed by atoms with van der Waals surface area (Å²) in [5.41, 5.74) is 2.27. The quantitative estimate of drug-likeness (QED) is 0.313. The number of nitrogens with one attached hydrogen (secondary N) is 1.